The Hall–Kier alpha value is -3.48. The third-order valence-electron chi connectivity index (χ3n) is 5.59. The van der Waals surface area contributed by atoms with Crippen molar-refractivity contribution in [1.82, 2.24) is 14.5 Å². The van der Waals surface area contributed by atoms with Crippen LogP contribution in [0.4, 0.5) is 15.8 Å². The minimum absolute atomic E-state index is 0.0592. The van der Waals surface area contributed by atoms with Gasteiger partial charge in [0.1, 0.15) is 5.82 Å². The predicted octanol–water partition coefficient (Wildman–Crippen LogP) is 7.33. The highest BCUT2D eigenvalue weighted by molar-refractivity contribution is 6.42. The third-order valence-corrected chi connectivity index (χ3v) is 6.33. The summed E-state index contributed by atoms with van der Waals surface area (Å²) in [5.41, 5.74) is 6.02. The van der Waals surface area contributed by atoms with E-state index in [-0.39, 0.29) is 11.9 Å². The average molecular weight is 506 g/mol. The average Bonchev–Trinajstić information content (AvgIpc) is 2.81. The quantitative estimate of drug-likeness (QED) is 0.260. The van der Waals surface area contributed by atoms with E-state index in [2.05, 4.69) is 10.3 Å². The fourth-order valence-electron chi connectivity index (χ4n) is 4.02. The smallest absolute Gasteiger partial charge is 0.125 e. The topological polar surface area (TPSA) is 55.1 Å². The predicted molar refractivity (Wildman–Crippen MR) is 141 cm³/mol. The number of hydrogen-bond donors (Lipinski definition) is 1. The molecule has 5 nitrogen and oxygen atoms in total. The minimum Gasteiger partial charge on any atom is -0.352 e. The summed E-state index contributed by atoms with van der Waals surface area (Å²) in [6.45, 7) is 5.99. The lowest BCUT2D eigenvalue weighted by Crippen LogP contribution is -2.17. The number of aryl methyl sites for hydroxylation is 1. The van der Waals surface area contributed by atoms with Gasteiger partial charge in [-0.05, 0) is 75.4 Å². The summed E-state index contributed by atoms with van der Waals surface area (Å²) < 4.78 is 16.2. The maximum atomic E-state index is 14.2. The van der Waals surface area contributed by atoms with Gasteiger partial charge in [-0.1, -0.05) is 23.2 Å². The van der Waals surface area contributed by atoms with Crippen molar-refractivity contribution >= 4 is 45.6 Å². The molecule has 1 aromatic heterocycles. The summed E-state index contributed by atoms with van der Waals surface area (Å²) in [5.74, 6) is -0.360. The van der Waals surface area contributed by atoms with Gasteiger partial charge in [-0.3, -0.25) is 9.98 Å². The van der Waals surface area contributed by atoms with E-state index in [4.69, 9.17) is 33.2 Å². The molecule has 2 heterocycles. The van der Waals surface area contributed by atoms with Crippen LogP contribution in [0.2, 0.25) is 10.0 Å². The summed E-state index contributed by atoms with van der Waals surface area (Å²) in [7, 11) is 0. The third kappa shape index (κ3) is 4.59. The molecule has 2 aliphatic rings. The molecule has 35 heavy (non-hydrogen) atoms. The van der Waals surface area contributed by atoms with Crippen LogP contribution in [0.5, 0.6) is 0 Å². The van der Waals surface area contributed by atoms with Crippen LogP contribution in [0.25, 0.3) is 28.1 Å². The molecule has 0 spiro atoms. The molecule has 0 fully saturated rings. The fourth-order valence-corrected chi connectivity index (χ4v) is 4.31. The molecule has 3 aromatic rings. The second-order valence-corrected chi connectivity index (χ2v) is 9.34. The number of nitrogens with zero attached hydrogens (tertiary/aromatic N) is 4. The van der Waals surface area contributed by atoms with Gasteiger partial charge in [0.15, 0.2) is 0 Å². The zero-order chi connectivity index (χ0) is 24.7. The van der Waals surface area contributed by atoms with Crippen LogP contribution in [0.15, 0.2) is 71.9 Å². The number of fused-ring (bicyclic) bond motifs is 2. The van der Waals surface area contributed by atoms with E-state index in [9.17, 15) is 4.39 Å². The highest BCUT2D eigenvalue weighted by Gasteiger charge is 2.18. The van der Waals surface area contributed by atoms with Crippen LogP contribution in [-0.4, -0.2) is 20.6 Å². The van der Waals surface area contributed by atoms with Gasteiger partial charge in [-0.15, -0.1) is 0 Å². The molecule has 1 aliphatic carbocycles. The monoisotopic (exact) mass is 505 g/mol. The molecular formula is C27H22Cl2FN5. The van der Waals surface area contributed by atoms with Gasteiger partial charge >= 0.3 is 0 Å². The molecule has 0 radical (unpaired) electrons. The van der Waals surface area contributed by atoms with Crippen molar-refractivity contribution in [3.63, 3.8) is 0 Å². The zero-order valence-electron chi connectivity index (χ0n) is 19.4. The molecule has 5 rings (SSSR count). The van der Waals surface area contributed by atoms with Crippen molar-refractivity contribution in [2.75, 3.05) is 5.32 Å². The van der Waals surface area contributed by atoms with Crippen molar-refractivity contribution in [3.8, 4) is 17.1 Å². The van der Waals surface area contributed by atoms with E-state index in [0.29, 0.717) is 21.3 Å². The van der Waals surface area contributed by atoms with Crippen LogP contribution in [0, 0.1) is 12.7 Å². The fraction of sp³-hybridized carbons (Fsp3) is 0.148. The lowest BCUT2D eigenvalue weighted by Gasteiger charge is -2.21. The first-order valence-electron chi connectivity index (χ1n) is 11.1. The van der Waals surface area contributed by atoms with Crippen molar-refractivity contribution in [1.29, 1.82) is 0 Å². The summed E-state index contributed by atoms with van der Waals surface area (Å²) >= 11 is 12.6. The van der Waals surface area contributed by atoms with Crippen molar-refractivity contribution < 1.29 is 4.39 Å². The molecule has 1 aliphatic heterocycles. The molecule has 8 heteroatoms. The number of pyridine rings is 1. The number of hydrogen-bond acceptors (Lipinski definition) is 4. The molecule has 0 bridgehead atoms. The maximum Gasteiger partial charge on any atom is 0.125 e. The highest BCUT2D eigenvalue weighted by Crippen LogP contribution is 2.33. The van der Waals surface area contributed by atoms with Gasteiger partial charge in [0.2, 0.25) is 0 Å². The Morgan fingerprint density at radius 3 is 2.54 bits per heavy atom. The van der Waals surface area contributed by atoms with Crippen molar-refractivity contribution in [2.24, 2.45) is 4.99 Å². The van der Waals surface area contributed by atoms with Gasteiger partial charge in [-0.2, -0.15) is 0 Å². The molecule has 1 N–H and O–H groups in total. The molecular weight excluding hydrogens is 484 g/mol. The lowest BCUT2D eigenvalue weighted by molar-refractivity contribution is 0.629. The molecule has 176 valence electrons. The van der Waals surface area contributed by atoms with Crippen LogP contribution in [0.3, 0.4) is 0 Å². The molecule has 0 atom stereocenters. The van der Waals surface area contributed by atoms with Crippen LogP contribution >= 0.6 is 23.2 Å². The van der Waals surface area contributed by atoms with E-state index < -0.39 is 0 Å². The Balaban J connectivity index is 1.86. The van der Waals surface area contributed by atoms with Gasteiger partial charge < -0.3 is 9.88 Å². The van der Waals surface area contributed by atoms with Crippen molar-refractivity contribution in [3.05, 3.63) is 93.8 Å². The summed E-state index contributed by atoms with van der Waals surface area (Å²) in [6, 6.07) is 17.8. The van der Waals surface area contributed by atoms with Crippen LogP contribution in [-0.2, 0) is 0 Å². The maximum absolute atomic E-state index is 14.2. The van der Waals surface area contributed by atoms with Crippen molar-refractivity contribution in [2.45, 2.75) is 26.8 Å². The highest BCUT2D eigenvalue weighted by atomic mass is 35.5. The number of halogens is 3. The first kappa shape index (κ1) is 23.3. The molecule has 0 saturated carbocycles. The second-order valence-electron chi connectivity index (χ2n) is 8.52. The van der Waals surface area contributed by atoms with Crippen LogP contribution < -0.4 is 10.7 Å². The summed E-state index contributed by atoms with van der Waals surface area (Å²) in [4.78, 5) is 14.0. The van der Waals surface area contributed by atoms with E-state index in [1.54, 1.807) is 24.4 Å². The Bertz CT molecular complexity index is 1610. The molecule has 0 saturated heterocycles. The Labute approximate surface area is 212 Å². The van der Waals surface area contributed by atoms with Gasteiger partial charge in [0, 0.05) is 24.0 Å². The van der Waals surface area contributed by atoms with E-state index in [0.717, 1.165) is 39.3 Å². The SMILES string of the molecule is Cc1ncccc1Nc1cc2nc3cc(F)ccc3n(-c3ccc(Cl)c(Cl)c3)c-2c/c1=N\C(C)C. The van der Waals surface area contributed by atoms with E-state index >= 15 is 0 Å². The normalized spacial score (nSPS) is 12.1. The summed E-state index contributed by atoms with van der Waals surface area (Å²) in [6.07, 6.45) is 1.75. The Morgan fingerprint density at radius 1 is 0.971 bits per heavy atom. The largest absolute Gasteiger partial charge is 0.352 e. The first-order chi connectivity index (χ1) is 16.8. The number of nitrogens with one attached hydrogen (secondary N) is 1. The standard InChI is InChI=1S/C27H22Cl2FN5/c1-15(2)32-23-14-27-25(13-22(23)33-21-5-4-10-31-16(21)3)34-24-11-17(30)6-9-26(24)35(27)18-7-8-19(28)20(29)12-18/h4-15,33H,1-3H3/b32-23+. The summed E-state index contributed by atoms with van der Waals surface area (Å²) in [5, 5.41) is 5.11. The lowest BCUT2D eigenvalue weighted by atomic mass is 10.1. The molecule has 2 aromatic carbocycles. The molecule has 0 amide bonds. The minimum atomic E-state index is -0.360. The number of anilines is 2. The Morgan fingerprint density at radius 2 is 1.80 bits per heavy atom. The van der Waals surface area contributed by atoms with Gasteiger partial charge in [0.05, 0.1) is 54.9 Å². The number of rotatable bonds is 4. The van der Waals surface area contributed by atoms with E-state index in [1.165, 1.54) is 12.1 Å². The van der Waals surface area contributed by atoms with Crippen LogP contribution in [0.1, 0.15) is 19.5 Å². The second kappa shape index (κ2) is 9.29. The first-order valence-corrected chi connectivity index (χ1v) is 11.9. The van der Waals surface area contributed by atoms with Gasteiger partial charge in [-0.25, -0.2) is 9.37 Å². The molecule has 0 unspecified atom stereocenters. The Kier molecular flexibility index (Phi) is 6.17. The number of aromatic nitrogens is 3. The zero-order valence-corrected chi connectivity index (χ0v) is 20.9. The van der Waals surface area contributed by atoms with Gasteiger partial charge in [0.25, 0.3) is 0 Å². The number of benzene rings is 3. The van der Waals surface area contributed by atoms with E-state index in [1.807, 2.05) is 55.7 Å².